The third-order valence-electron chi connectivity index (χ3n) is 4.96. The van der Waals surface area contributed by atoms with Gasteiger partial charge in [0.15, 0.2) is 0 Å². The molecule has 0 radical (unpaired) electrons. The molecule has 1 heterocycles. The van der Waals surface area contributed by atoms with Crippen molar-refractivity contribution in [2.24, 2.45) is 0 Å². The SMILES string of the molecule is O=S(=O)(NCCCN1CCOCC1)c1cc(S(=O)(=O)c2ccccc2)ccc1C(F)(F)F. The Morgan fingerprint density at radius 3 is 2.22 bits per heavy atom. The number of hydrogen-bond acceptors (Lipinski definition) is 6. The molecule has 1 fully saturated rings. The summed E-state index contributed by atoms with van der Waals surface area (Å²) in [6, 6.07) is 8.89. The summed E-state index contributed by atoms with van der Waals surface area (Å²) >= 11 is 0. The summed E-state index contributed by atoms with van der Waals surface area (Å²) < 4.78 is 98.9. The molecule has 32 heavy (non-hydrogen) atoms. The highest BCUT2D eigenvalue weighted by Crippen LogP contribution is 2.36. The number of rotatable bonds is 8. The standard InChI is InChI=1S/C20H23F3N2O5S2/c21-20(22,23)18-8-7-17(31(26,27)16-5-2-1-3-6-16)15-19(18)32(28,29)24-9-4-10-25-11-13-30-14-12-25/h1-3,5-8,15,24H,4,9-14H2. The van der Waals surface area contributed by atoms with Crippen molar-refractivity contribution in [3.63, 3.8) is 0 Å². The molecule has 1 saturated heterocycles. The number of sulfone groups is 1. The quantitative estimate of drug-likeness (QED) is 0.570. The second kappa shape index (κ2) is 9.87. The molecular weight excluding hydrogens is 469 g/mol. The predicted octanol–water partition coefficient (Wildman–Crippen LogP) is 2.54. The fourth-order valence-corrected chi connectivity index (χ4v) is 5.98. The van der Waals surface area contributed by atoms with Crippen LogP contribution in [0, 0.1) is 0 Å². The van der Waals surface area contributed by atoms with E-state index < -0.39 is 41.4 Å². The van der Waals surface area contributed by atoms with Crippen molar-refractivity contribution in [2.45, 2.75) is 27.3 Å². The van der Waals surface area contributed by atoms with Gasteiger partial charge in [-0.05, 0) is 43.3 Å². The number of ether oxygens (including phenoxy) is 1. The highest BCUT2D eigenvalue weighted by Gasteiger charge is 2.38. The lowest BCUT2D eigenvalue weighted by Crippen LogP contribution is -2.38. The van der Waals surface area contributed by atoms with Crippen molar-refractivity contribution in [1.82, 2.24) is 9.62 Å². The lowest BCUT2D eigenvalue weighted by Gasteiger charge is -2.26. The van der Waals surface area contributed by atoms with E-state index in [2.05, 4.69) is 9.62 Å². The Kier molecular flexibility index (Phi) is 7.61. The van der Waals surface area contributed by atoms with Gasteiger partial charge in [0, 0.05) is 19.6 Å². The van der Waals surface area contributed by atoms with E-state index >= 15 is 0 Å². The van der Waals surface area contributed by atoms with E-state index in [0.717, 1.165) is 6.07 Å². The zero-order valence-electron chi connectivity index (χ0n) is 17.0. The predicted molar refractivity (Wildman–Crippen MR) is 110 cm³/mol. The molecule has 0 aromatic heterocycles. The van der Waals surface area contributed by atoms with E-state index in [0.29, 0.717) is 51.4 Å². The maximum Gasteiger partial charge on any atom is 0.417 e. The van der Waals surface area contributed by atoms with Crippen molar-refractivity contribution in [1.29, 1.82) is 0 Å². The molecule has 0 saturated carbocycles. The molecule has 1 aliphatic heterocycles. The molecule has 2 aromatic carbocycles. The molecule has 0 spiro atoms. The van der Waals surface area contributed by atoms with Crippen LogP contribution in [0.25, 0.3) is 0 Å². The molecule has 0 unspecified atom stereocenters. The smallest absolute Gasteiger partial charge is 0.379 e. The largest absolute Gasteiger partial charge is 0.417 e. The van der Waals surface area contributed by atoms with Crippen molar-refractivity contribution in [3.05, 3.63) is 54.1 Å². The van der Waals surface area contributed by atoms with Crippen molar-refractivity contribution in [2.75, 3.05) is 39.4 Å². The van der Waals surface area contributed by atoms with Crippen LogP contribution in [-0.2, 0) is 30.8 Å². The van der Waals surface area contributed by atoms with Gasteiger partial charge in [-0.25, -0.2) is 21.6 Å². The van der Waals surface area contributed by atoms with E-state index in [1.165, 1.54) is 24.3 Å². The summed E-state index contributed by atoms with van der Waals surface area (Å²) in [4.78, 5) is 0.256. The zero-order chi connectivity index (χ0) is 23.4. The van der Waals surface area contributed by atoms with Crippen LogP contribution in [-0.4, -0.2) is 61.1 Å². The highest BCUT2D eigenvalue weighted by molar-refractivity contribution is 7.91. The number of sulfonamides is 1. The molecule has 3 rings (SSSR count). The van der Waals surface area contributed by atoms with E-state index in [9.17, 15) is 30.0 Å². The minimum Gasteiger partial charge on any atom is -0.379 e. The van der Waals surface area contributed by atoms with Gasteiger partial charge in [-0.15, -0.1) is 0 Å². The average Bonchev–Trinajstić information content (AvgIpc) is 2.77. The molecule has 0 bridgehead atoms. The first-order valence-corrected chi connectivity index (χ1v) is 12.8. The minimum atomic E-state index is -4.98. The molecule has 0 aliphatic carbocycles. The maximum absolute atomic E-state index is 13.5. The van der Waals surface area contributed by atoms with E-state index in [4.69, 9.17) is 4.74 Å². The van der Waals surface area contributed by atoms with Crippen LogP contribution in [0.3, 0.4) is 0 Å². The van der Waals surface area contributed by atoms with E-state index in [-0.39, 0.29) is 11.4 Å². The zero-order valence-corrected chi connectivity index (χ0v) is 18.6. The van der Waals surface area contributed by atoms with Crippen LogP contribution in [0.2, 0.25) is 0 Å². The molecule has 0 atom stereocenters. The van der Waals surface area contributed by atoms with Crippen LogP contribution in [0.15, 0.2) is 63.2 Å². The number of alkyl halides is 3. The lowest BCUT2D eigenvalue weighted by atomic mass is 10.2. The van der Waals surface area contributed by atoms with Crippen LogP contribution >= 0.6 is 0 Å². The van der Waals surface area contributed by atoms with Gasteiger partial charge in [-0.2, -0.15) is 13.2 Å². The van der Waals surface area contributed by atoms with E-state index in [1.807, 2.05) is 0 Å². The van der Waals surface area contributed by atoms with Gasteiger partial charge in [-0.1, -0.05) is 18.2 Å². The summed E-state index contributed by atoms with van der Waals surface area (Å²) in [5.74, 6) is 0. The van der Waals surface area contributed by atoms with Gasteiger partial charge in [0.25, 0.3) is 0 Å². The molecule has 7 nitrogen and oxygen atoms in total. The van der Waals surface area contributed by atoms with Gasteiger partial charge in [0.2, 0.25) is 19.9 Å². The van der Waals surface area contributed by atoms with Crippen molar-refractivity contribution in [3.8, 4) is 0 Å². The molecule has 12 heteroatoms. The van der Waals surface area contributed by atoms with Gasteiger partial charge < -0.3 is 4.74 Å². The summed E-state index contributed by atoms with van der Waals surface area (Å²) in [6.07, 6.45) is -4.60. The molecule has 1 aliphatic rings. The second-order valence-electron chi connectivity index (χ2n) is 7.18. The van der Waals surface area contributed by atoms with Crippen molar-refractivity contribution < 1.29 is 34.7 Å². The topological polar surface area (TPSA) is 92.8 Å². The first kappa shape index (κ1) is 24.6. The number of nitrogens with one attached hydrogen (secondary N) is 1. The summed E-state index contributed by atoms with van der Waals surface area (Å²) in [5.41, 5.74) is -1.43. The minimum absolute atomic E-state index is 0.0906. The summed E-state index contributed by atoms with van der Waals surface area (Å²) in [7, 11) is -8.82. The Morgan fingerprint density at radius 2 is 1.59 bits per heavy atom. The number of hydrogen-bond donors (Lipinski definition) is 1. The van der Waals surface area contributed by atoms with Crippen LogP contribution in [0.1, 0.15) is 12.0 Å². The van der Waals surface area contributed by atoms with Crippen LogP contribution in [0.5, 0.6) is 0 Å². The Morgan fingerprint density at radius 1 is 0.938 bits per heavy atom. The number of morpholine rings is 1. The van der Waals surface area contributed by atoms with Crippen LogP contribution in [0.4, 0.5) is 13.2 Å². The third-order valence-corrected chi connectivity index (χ3v) is 8.23. The molecule has 2 aromatic rings. The molecule has 0 amide bonds. The summed E-state index contributed by atoms with van der Waals surface area (Å²) in [5, 5.41) is 0. The monoisotopic (exact) mass is 492 g/mol. The molecule has 176 valence electrons. The fourth-order valence-electron chi connectivity index (χ4n) is 3.27. The normalized spacial score (nSPS) is 16.2. The Hall–Kier alpha value is -1.99. The second-order valence-corrected chi connectivity index (χ2v) is 10.9. The van der Waals surface area contributed by atoms with Crippen molar-refractivity contribution >= 4 is 19.9 Å². The van der Waals surface area contributed by atoms with Gasteiger partial charge in [-0.3, -0.25) is 4.90 Å². The Labute approximate surface area is 185 Å². The number of benzene rings is 2. The Bertz CT molecular complexity index is 1130. The fraction of sp³-hybridized carbons (Fsp3) is 0.400. The van der Waals surface area contributed by atoms with E-state index in [1.54, 1.807) is 6.07 Å². The lowest BCUT2D eigenvalue weighted by molar-refractivity contribution is -0.139. The number of halogens is 3. The van der Waals surface area contributed by atoms with Gasteiger partial charge in [0.1, 0.15) is 0 Å². The highest BCUT2D eigenvalue weighted by atomic mass is 32.2. The van der Waals surface area contributed by atoms with Gasteiger partial charge >= 0.3 is 6.18 Å². The van der Waals surface area contributed by atoms with Crippen LogP contribution < -0.4 is 4.72 Å². The average molecular weight is 493 g/mol. The molecule has 1 N–H and O–H groups in total. The third kappa shape index (κ3) is 5.87. The summed E-state index contributed by atoms with van der Waals surface area (Å²) in [6.45, 7) is 3.01. The number of nitrogens with zero attached hydrogens (tertiary/aromatic N) is 1. The Balaban J connectivity index is 1.86. The maximum atomic E-state index is 13.5. The first-order chi connectivity index (χ1) is 15.0. The molecular formula is C20H23F3N2O5S2. The van der Waals surface area contributed by atoms with Gasteiger partial charge in [0.05, 0.1) is 33.5 Å². The first-order valence-electron chi connectivity index (χ1n) is 9.83.